The number of piperidine rings is 1. The Morgan fingerprint density at radius 2 is 2.04 bits per heavy atom. The van der Waals surface area contributed by atoms with Gasteiger partial charge in [-0.2, -0.15) is 0 Å². The number of amides is 1. The lowest BCUT2D eigenvalue weighted by Gasteiger charge is -2.36. The van der Waals surface area contributed by atoms with Crippen LogP contribution < -0.4 is 5.32 Å². The highest BCUT2D eigenvalue weighted by atomic mass is 33.1. The lowest BCUT2D eigenvalue weighted by atomic mass is 9.97. The first-order valence-corrected chi connectivity index (χ1v) is 13.1. The van der Waals surface area contributed by atoms with E-state index in [1.54, 1.807) is 11.3 Å². The Kier molecular flexibility index (Phi) is 7.48. The molecule has 1 amide bonds. The van der Waals surface area contributed by atoms with Crippen LogP contribution in [0, 0.1) is 6.92 Å². The minimum atomic E-state index is -0.120. The van der Waals surface area contributed by atoms with E-state index in [9.17, 15) is 4.79 Å². The van der Waals surface area contributed by atoms with Crippen molar-refractivity contribution < 1.29 is 4.79 Å². The molecule has 0 unspecified atom stereocenters. The van der Waals surface area contributed by atoms with Crippen molar-refractivity contribution in [2.45, 2.75) is 44.3 Å². The number of anilines is 1. The molecule has 0 radical (unpaired) electrons. The van der Waals surface area contributed by atoms with Crippen LogP contribution in [0.1, 0.15) is 53.7 Å². The maximum Gasteiger partial charge on any atom is 0.275 e. The van der Waals surface area contributed by atoms with E-state index in [1.165, 1.54) is 0 Å². The van der Waals surface area contributed by atoms with Crippen molar-refractivity contribution in [1.29, 1.82) is 0 Å². The summed E-state index contributed by atoms with van der Waals surface area (Å²) >= 11 is 1.62. The second-order valence-corrected chi connectivity index (χ2v) is 11.9. The van der Waals surface area contributed by atoms with E-state index in [2.05, 4.69) is 35.3 Å². The van der Waals surface area contributed by atoms with E-state index in [1.807, 2.05) is 58.2 Å². The summed E-state index contributed by atoms with van der Waals surface area (Å²) < 4.78 is 0.272. The van der Waals surface area contributed by atoms with Gasteiger partial charge in [-0.3, -0.25) is 4.79 Å². The summed E-state index contributed by atoms with van der Waals surface area (Å²) in [6.07, 6.45) is 4.38. The van der Waals surface area contributed by atoms with Crippen LogP contribution in [0.15, 0.2) is 29.6 Å². The largest absolute Gasteiger partial charge is 0.320 e. The minimum absolute atomic E-state index is 0.120. The SMILES string of the molecule is CSSC(C)(C)CN1CCC(c2nc(C(=O)Nc3ccccc3C)cs2)CC1. The zero-order valence-electron chi connectivity index (χ0n) is 17.0. The fourth-order valence-electron chi connectivity index (χ4n) is 3.61. The van der Waals surface area contributed by atoms with Crippen LogP contribution in [-0.4, -0.2) is 46.4 Å². The molecule has 1 fully saturated rings. The van der Waals surface area contributed by atoms with Gasteiger partial charge in [-0.25, -0.2) is 4.98 Å². The Morgan fingerprint density at radius 1 is 1.32 bits per heavy atom. The minimum Gasteiger partial charge on any atom is -0.320 e. The monoisotopic (exact) mass is 435 g/mol. The normalized spacial score (nSPS) is 16.3. The van der Waals surface area contributed by atoms with Gasteiger partial charge in [-0.15, -0.1) is 11.3 Å². The van der Waals surface area contributed by atoms with Crippen molar-refractivity contribution in [3.8, 4) is 0 Å². The molecule has 28 heavy (non-hydrogen) atoms. The third kappa shape index (κ3) is 5.75. The van der Waals surface area contributed by atoms with Crippen molar-refractivity contribution in [3.63, 3.8) is 0 Å². The summed E-state index contributed by atoms with van der Waals surface area (Å²) in [6, 6.07) is 7.82. The van der Waals surface area contributed by atoms with Gasteiger partial charge < -0.3 is 10.2 Å². The third-order valence-electron chi connectivity index (χ3n) is 5.00. The van der Waals surface area contributed by atoms with Crippen molar-refractivity contribution in [3.05, 3.63) is 45.9 Å². The summed E-state index contributed by atoms with van der Waals surface area (Å²) in [5.41, 5.74) is 2.44. The Bertz CT molecular complexity index is 798. The number of aryl methyl sites for hydroxylation is 1. The number of benzene rings is 1. The van der Waals surface area contributed by atoms with Gasteiger partial charge >= 0.3 is 0 Å². The van der Waals surface area contributed by atoms with Gasteiger partial charge in [0.05, 0.1) is 5.01 Å². The summed E-state index contributed by atoms with van der Waals surface area (Å²) in [4.78, 5) is 19.8. The van der Waals surface area contributed by atoms with Crippen LogP contribution >= 0.6 is 32.9 Å². The average Bonchev–Trinajstić information content (AvgIpc) is 3.14. The predicted molar refractivity (Wildman–Crippen MR) is 125 cm³/mol. The number of carbonyl (C=O) groups excluding carboxylic acids is 1. The van der Waals surface area contributed by atoms with Crippen molar-refractivity contribution in [2.24, 2.45) is 0 Å². The molecule has 1 aromatic carbocycles. The van der Waals surface area contributed by atoms with Crippen LogP contribution in [0.5, 0.6) is 0 Å². The third-order valence-corrected chi connectivity index (χ3v) is 8.61. The molecule has 1 aromatic heterocycles. The Labute approximate surface area is 180 Å². The first-order valence-electron chi connectivity index (χ1n) is 9.64. The summed E-state index contributed by atoms with van der Waals surface area (Å²) in [5, 5.41) is 5.98. The van der Waals surface area contributed by atoms with E-state index in [4.69, 9.17) is 0 Å². The topological polar surface area (TPSA) is 45.2 Å². The lowest BCUT2D eigenvalue weighted by Crippen LogP contribution is -2.40. The van der Waals surface area contributed by atoms with E-state index >= 15 is 0 Å². The number of carbonyl (C=O) groups is 1. The molecule has 0 atom stereocenters. The number of nitrogens with one attached hydrogen (secondary N) is 1. The molecule has 152 valence electrons. The number of aromatic nitrogens is 1. The smallest absolute Gasteiger partial charge is 0.275 e. The Morgan fingerprint density at radius 3 is 2.71 bits per heavy atom. The molecule has 2 aromatic rings. The molecular formula is C21H29N3OS3. The van der Waals surface area contributed by atoms with Gasteiger partial charge in [0.2, 0.25) is 0 Å². The quantitative estimate of drug-likeness (QED) is 0.568. The maximum absolute atomic E-state index is 12.6. The first-order chi connectivity index (χ1) is 13.4. The molecule has 1 N–H and O–H groups in total. The molecule has 2 heterocycles. The molecular weight excluding hydrogens is 406 g/mol. The fraction of sp³-hybridized carbons (Fsp3) is 0.524. The van der Waals surface area contributed by atoms with Gasteiger partial charge in [0.1, 0.15) is 5.69 Å². The number of hydrogen-bond donors (Lipinski definition) is 1. The zero-order chi connectivity index (χ0) is 20.1. The Balaban J connectivity index is 1.55. The Hall–Kier alpha value is -1.02. The second kappa shape index (κ2) is 9.65. The van der Waals surface area contributed by atoms with Crippen molar-refractivity contribution in [1.82, 2.24) is 9.88 Å². The second-order valence-electron chi connectivity index (χ2n) is 7.90. The van der Waals surface area contributed by atoms with E-state index in [-0.39, 0.29) is 10.7 Å². The van der Waals surface area contributed by atoms with Crippen molar-refractivity contribution in [2.75, 3.05) is 31.2 Å². The van der Waals surface area contributed by atoms with Crippen LogP contribution in [-0.2, 0) is 0 Å². The summed E-state index contributed by atoms with van der Waals surface area (Å²) in [5.74, 6) is 0.350. The van der Waals surface area contributed by atoms with Gasteiger partial charge in [0.15, 0.2) is 0 Å². The lowest BCUT2D eigenvalue weighted by molar-refractivity contribution is 0.102. The van der Waals surface area contributed by atoms with Crippen LogP contribution in [0.25, 0.3) is 0 Å². The number of thiazole rings is 1. The molecule has 1 saturated heterocycles. The molecule has 4 nitrogen and oxygen atoms in total. The standard InChI is InChI=1S/C21H29N3OS3/c1-15-7-5-6-8-17(15)22-19(25)18-13-27-20(23-18)16-9-11-24(12-10-16)14-21(2,3)28-26-4/h5-8,13,16H,9-12,14H2,1-4H3,(H,22,25). The molecule has 7 heteroatoms. The molecule has 1 aliphatic heterocycles. The number of rotatable bonds is 7. The highest BCUT2D eigenvalue weighted by molar-refractivity contribution is 8.76. The predicted octanol–water partition coefficient (Wildman–Crippen LogP) is 5.67. The number of hydrogen-bond acceptors (Lipinski definition) is 6. The highest BCUT2D eigenvalue weighted by Gasteiger charge is 2.28. The van der Waals surface area contributed by atoms with E-state index < -0.39 is 0 Å². The van der Waals surface area contributed by atoms with Crippen LogP contribution in [0.3, 0.4) is 0 Å². The average molecular weight is 436 g/mol. The molecule has 0 spiro atoms. The van der Waals surface area contributed by atoms with Crippen molar-refractivity contribution >= 4 is 44.5 Å². The molecule has 3 rings (SSSR count). The molecule has 0 aliphatic carbocycles. The van der Waals surface area contributed by atoms with Gasteiger partial charge in [-0.1, -0.05) is 39.8 Å². The molecule has 0 bridgehead atoms. The van der Waals surface area contributed by atoms with Crippen LogP contribution in [0.4, 0.5) is 5.69 Å². The van der Waals surface area contributed by atoms with E-state index in [0.29, 0.717) is 11.6 Å². The molecule has 1 aliphatic rings. The maximum atomic E-state index is 12.6. The van der Waals surface area contributed by atoms with Gasteiger partial charge in [0, 0.05) is 28.3 Å². The number of para-hydroxylation sites is 1. The van der Waals surface area contributed by atoms with Crippen LogP contribution in [0.2, 0.25) is 0 Å². The summed E-state index contributed by atoms with van der Waals surface area (Å²) in [7, 11) is 3.80. The fourth-order valence-corrected chi connectivity index (χ4v) is 6.78. The van der Waals surface area contributed by atoms with Gasteiger partial charge in [-0.05, 0) is 64.6 Å². The first kappa shape index (κ1) is 21.7. The molecule has 0 saturated carbocycles. The summed E-state index contributed by atoms with van der Waals surface area (Å²) in [6.45, 7) is 9.96. The van der Waals surface area contributed by atoms with E-state index in [0.717, 1.165) is 48.7 Å². The zero-order valence-corrected chi connectivity index (χ0v) is 19.5. The highest BCUT2D eigenvalue weighted by Crippen LogP contribution is 2.36. The van der Waals surface area contributed by atoms with Gasteiger partial charge in [0.25, 0.3) is 5.91 Å². The number of likely N-dealkylation sites (tertiary alicyclic amines) is 1. The number of nitrogens with zero attached hydrogens (tertiary/aromatic N) is 2.